The highest BCUT2D eigenvalue weighted by molar-refractivity contribution is 5.43. The number of rotatable bonds is 1. The molecule has 1 saturated carbocycles. The van der Waals surface area contributed by atoms with Crippen LogP contribution in [0.15, 0.2) is 42.0 Å². The van der Waals surface area contributed by atoms with Crippen LogP contribution in [0.2, 0.25) is 0 Å². The monoisotopic (exact) mass is 227 g/mol. The fourth-order valence-electron chi connectivity index (χ4n) is 3.48. The first-order valence-corrected chi connectivity index (χ1v) is 6.53. The van der Waals surface area contributed by atoms with E-state index in [1.54, 1.807) is 5.57 Å². The summed E-state index contributed by atoms with van der Waals surface area (Å²) < 4.78 is 0. The molecule has 1 fully saturated rings. The maximum absolute atomic E-state index is 6.30. The smallest absolute Gasteiger partial charge is 0.0183 e. The summed E-state index contributed by atoms with van der Waals surface area (Å²) in [6, 6.07) is 11.1. The highest BCUT2D eigenvalue weighted by atomic mass is 14.8. The van der Waals surface area contributed by atoms with E-state index in [2.05, 4.69) is 57.2 Å². The molecule has 2 unspecified atom stereocenters. The molecule has 0 saturated heterocycles. The highest BCUT2D eigenvalue weighted by Gasteiger charge is 2.56. The van der Waals surface area contributed by atoms with Crippen LogP contribution in [0.1, 0.15) is 32.3 Å². The average Bonchev–Trinajstić information content (AvgIpc) is 2.23. The number of hydrogen-bond donors (Lipinski definition) is 1. The van der Waals surface area contributed by atoms with Crippen molar-refractivity contribution in [2.75, 3.05) is 0 Å². The molecule has 0 aliphatic heterocycles. The lowest BCUT2D eigenvalue weighted by Crippen LogP contribution is -2.60. The summed E-state index contributed by atoms with van der Waals surface area (Å²) in [6.45, 7) is 6.92. The molecule has 4 atom stereocenters. The molecule has 0 bridgehead atoms. The van der Waals surface area contributed by atoms with Crippen molar-refractivity contribution in [3.8, 4) is 0 Å². The maximum Gasteiger partial charge on any atom is 0.0183 e. The predicted molar refractivity (Wildman–Crippen MR) is 71.7 cm³/mol. The van der Waals surface area contributed by atoms with Crippen molar-refractivity contribution >= 4 is 0 Å². The fraction of sp³-hybridized carbons (Fsp3) is 0.500. The standard InChI is InChI=1S/C16H21N/c1-16(2,3)12-9-11-14(12)13(15(11)17)10-7-5-4-6-8-10/h4-9,11,13-15H,17H2,1-3H3/t11?,13-,14?,15-/m1/s1. The topological polar surface area (TPSA) is 26.0 Å². The van der Waals surface area contributed by atoms with Crippen molar-refractivity contribution in [3.63, 3.8) is 0 Å². The molecular formula is C16H21N. The van der Waals surface area contributed by atoms with E-state index < -0.39 is 0 Å². The fourth-order valence-corrected chi connectivity index (χ4v) is 3.48. The third-order valence-electron chi connectivity index (χ3n) is 4.44. The van der Waals surface area contributed by atoms with E-state index in [1.807, 2.05) is 0 Å². The summed E-state index contributed by atoms with van der Waals surface area (Å²) in [5.74, 6) is 1.88. The Kier molecular flexibility index (Phi) is 2.24. The minimum Gasteiger partial charge on any atom is -0.327 e. The molecule has 1 heteroatoms. The Morgan fingerprint density at radius 3 is 2.24 bits per heavy atom. The zero-order valence-corrected chi connectivity index (χ0v) is 10.9. The van der Waals surface area contributed by atoms with Crippen LogP contribution in [0.4, 0.5) is 0 Å². The van der Waals surface area contributed by atoms with E-state index in [-0.39, 0.29) is 0 Å². The molecule has 90 valence electrons. The van der Waals surface area contributed by atoms with Gasteiger partial charge in [0.1, 0.15) is 0 Å². The summed E-state index contributed by atoms with van der Waals surface area (Å²) in [7, 11) is 0. The van der Waals surface area contributed by atoms with Gasteiger partial charge in [0, 0.05) is 12.0 Å². The van der Waals surface area contributed by atoms with E-state index in [4.69, 9.17) is 5.73 Å². The second-order valence-corrected chi connectivity index (χ2v) is 6.49. The van der Waals surface area contributed by atoms with Crippen molar-refractivity contribution in [2.24, 2.45) is 23.0 Å². The lowest BCUT2D eigenvalue weighted by Gasteiger charge is -2.59. The average molecular weight is 227 g/mol. The first-order valence-electron chi connectivity index (χ1n) is 6.53. The van der Waals surface area contributed by atoms with Crippen molar-refractivity contribution in [2.45, 2.75) is 32.7 Å². The third-order valence-corrected chi connectivity index (χ3v) is 4.44. The lowest BCUT2D eigenvalue weighted by molar-refractivity contribution is 0.106. The minimum atomic E-state index is 0.300. The van der Waals surface area contributed by atoms with Crippen LogP contribution in [0.25, 0.3) is 0 Å². The van der Waals surface area contributed by atoms with Gasteiger partial charge in [0.05, 0.1) is 0 Å². The summed E-state index contributed by atoms with van der Waals surface area (Å²) in [6.07, 6.45) is 2.41. The second-order valence-electron chi connectivity index (χ2n) is 6.49. The van der Waals surface area contributed by atoms with Crippen molar-refractivity contribution < 1.29 is 0 Å². The number of benzene rings is 1. The van der Waals surface area contributed by atoms with Crippen LogP contribution < -0.4 is 5.73 Å². The van der Waals surface area contributed by atoms with Crippen LogP contribution in [0.5, 0.6) is 0 Å². The molecule has 1 nitrogen and oxygen atoms in total. The van der Waals surface area contributed by atoms with Crippen molar-refractivity contribution in [1.82, 2.24) is 0 Å². The van der Waals surface area contributed by atoms with Gasteiger partial charge < -0.3 is 5.73 Å². The molecule has 2 aliphatic rings. The van der Waals surface area contributed by atoms with E-state index in [0.717, 1.165) is 0 Å². The molecule has 3 rings (SSSR count). The Labute approximate surface area is 104 Å². The van der Waals surface area contributed by atoms with Crippen molar-refractivity contribution in [1.29, 1.82) is 0 Å². The van der Waals surface area contributed by atoms with E-state index >= 15 is 0 Å². The van der Waals surface area contributed by atoms with Gasteiger partial charge >= 0.3 is 0 Å². The van der Waals surface area contributed by atoms with Gasteiger partial charge in [-0.15, -0.1) is 0 Å². The maximum atomic E-state index is 6.30. The van der Waals surface area contributed by atoms with Crippen LogP contribution in [-0.2, 0) is 0 Å². The van der Waals surface area contributed by atoms with Gasteiger partial charge in [0.2, 0.25) is 0 Å². The third kappa shape index (κ3) is 1.49. The largest absolute Gasteiger partial charge is 0.327 e. The number of allylic oxidation sites excluding steroid dienone is 1. The van der Waals surface area contributed by atoms with E-state index in [0.29, 0.717) is 29.2 Å². The SMILES string of the molecule is CC(C)(C)C1=CC2C1[C@@H](c1ccccc1)[C@@H]2N. The first-order chi connectivity index (χ1) is 8.00. The van der Waals surface area contributed by atoms with Gasteiger partial charge in [0.15, 0.2) is 0 Å². The molecular weight excluding hydrogens is 206 g/mol. The Morgan fingerprint density at radius 1 is 1.00 bits per heavy atom. The molecule has 17 heavy (non-hydrogen) atoms. The highest BCUT2D eigenvalue weighted by Crippen LogP contribution is 2.61. The van der Waals surface area contributed by atoms with Crippen molar-refractivity contribution in [3.05, 3.63) is 47.5 Å². The zero-order valence-electron chi connectivity index (χ0n) is 10.9. The van der Waals surface area contributed by atoms with Gasteiger partial charge in [-0.1, -0.05) is 62.8 Å². The molecule has 0 radical (unpaired) electrons. The van der Waals surface area contributed by atoms with E-state index in [9.17, 15) is 0 Å². The second kappa shape index (κ2) is 3.46. The molecule has 2 aliphatic carbocycles. The normalized spacial score (nSPS) is 35.4. The van der Waals surface area contributed by atoms with E-state index in [1.165, 1.54) is 5.56 Å². The van der Waals surface area contributed by atoms with Gasteiger partial charge in [-0.05, 0) is 22.8 Å². The summed E-state index contributed by atoms with van der Waals surface area (Å²) >= 11 is 0. The number of fused-ring (bicyclic) bond motifs is 1. The summed E-state index contributed by atoms with van der Waals surface area (Å²) in [4.78, 5) is 0. The molecule has 0 spiro atoms. The van der Waals surface area contributed by atoms with Gasteiger partial charge in [0.25, 0.3) is 0 Å². The summed E-state index contributed by atoms with van der Waals surface area (Å²) in [5.41, 5.74) is 9.62. The molecule has 1 aromatic carbocycles. The Hall–Kier alpha value is -1.08. The molecule has 2 N–H and O–H groups in total. The first kappa shape index (κ1) is 11.0. The van der Waals surface area contributed by atoms with Gasteiger partial charge in [-0.25, -0.2) is 0 Å². The van der Waals surface area contributed by atoms with Crippen LogP contribution in [0, 0.1) is 17.3 Å². The Bertz CT molecular complexity index is 452. The number of hydrogen-bond acceptors (Lipinski definition) is 1. The lowest BCUT2D eigenvalue weighted by atomic mass is 9.46. The summed E-state index contributed by atoms with van der Waals surface area (Å²) in [5, 5.41) is 0. The molecule has 1 aromatic rings. The quantitative estimate of drug-likeness (QED) is 0.732. The van der Waals surface area contributed by atoms with Gasteiger partial charge in [-0.3, -0.25) is 0 Å². The number of nitrogens with two attached hydrogens (primary N) is 1. The van der Waals surface area contributed by atoms with Gasteiger partial charge in [-0.2, -0.15) is 0 Å². The van der Waals surface area contributed by atoms with Crippen LogP contribution in [0.3, 0.4) is 0 Å². The molecule has 0 aromatic heterocycles. The van der Waals surface area contributed by atoms with Crippen LogP contribution in [-0.4, -0.2) is 6.04 Å². The Balaban J connectivity index is 1.89. The minimum absolute atomic E-state index is 0.300. The Morgan fingerprint density at radius 2 is 1.65 bits per heavy atom. The molecule has 0 amide bonds. The molecule has 0 heterocycles. The zero-order chi connectivity index (χ0) is 12.2. The predicted octanol–water partition coefficient (Wildman–Crippen LogP) is 3.33. The van der Waals surface area contributed by atoms with Crippen LogP contribution >= 0.6 is 0 Å².